The van der Waals surface area contributed by atoms with E-state index >= 15 is 0 Å². The van der Waals surface area contributed by atoms with Crippen LogP contribution in [-0.4, -0.2) is 6.29 Å². The summed E-state index contributed by atoms with van der Waals surface area (Å²) in [6.07, 6.45) is 1.86. The minimum atomic E-state index is 0.131. The normalized spacial score (nSPS) is 12.5. The monoisotopic (exact) mass is 162 g/mol. The first-order valence-electron chi connectivity index (χ1n) is 4.24. The Kier molecular flexibility index (Phi) is 3.03. The Morgan fingerprint density at radius 3 is 2.67 bits per heavy atom. The highest BCUT2D eigenvalue weighted by molar-refractivity contribution is 5.53. The van der Waals surface area contributed by atoms with Crippen LogP contribution < -0.4 is 0 Å². The van der Waals surface area contributed by atoms with Crippen molar-refractivity contribution < 1.29 is 4.79 Å². The molecule has 1 rings (SSSR count). The second-order valence-corrected chi connectivity index (χ2v) is 3.24. The molecule has 1 heteroatoms. The predicted octanol–water partition coefficient (Wildman–Crippen LogP) is 2.37. The second kappa shape index (κ2) is 4.05. The van der Waals surface area contributed by atoms with E-state index in [1.54, 1.807) is 0 Å². The van der Waals surface area contributed by atoms with Crippen molar-refractivity contribution in [3.63, 3.8) is 0 Å². The lowest BCUT2D eigenvalue weighted by molar-refractivity contribution is -0.110. The summed E-state index contributed by atoms with van der Waals surface area (Å²) in [5.74, 6) is 0.131. The van der Waals surface area contributed by atoms with E-state index in [0.717, 1.165) is 12.7 Å². The molecule has 64 valence electrons. The quantitative estimate of drug-likeness (QED) is 0.623. The fraction of sp³-hybridized carbons (Fsp3) is 0.364. The molecule has 0 saturated carbocycles. The number of hydrogen-bond acceptors (Lipinski definition) is 1. The van der Waals surface area contributed by atoms with Gasteiger partial charge in [-0.1, -0.05) is 31.2 Å². The molecule has 0 amide bonds. The molecule has 12 heavy (non-hydrogen) atoms. The van der Waals surface area contributed by atoms with Crippen LogP contribution in [0.1, 0.15) is 18.1 Å². The molecule has 0 radical (unpaired) electrons. The first-order chi connectivity index (χ1) is 5.74. The van der Waals surface area contributed by atoms with Gasteiger partial charge in [0.15, 0.2) is 0 Å². The van der Waals surface area contributed by atoms with Gasteiger partial charge >= 0.3 is 0 Å². The maximum absolute atomic E-state index is 10.4. The Morgan fingerprint density at radius 1 is 1.42 bits per heavy atom. The molecule has 0 aliphatic carbocycles. The van der Waals surface area contributed by atoms with E-state index in [1.807, 2.05) is 19.1 Å². The minimum absolute atomic E-state index is 0.131. The van der Waals surface area contributed by atoms with Gasteiger partial charge in [0.2, 0.25) is 0 Å². The van der Waals surface area contributed by atoms with Gasteiger partial charge in [-0.05, 0) is 24.5 Å². The van der Waals surface area contributed by atoms with Crippen molar-refractivity contribution >= 4 is 6.29 Å². The molecule has 0 spiro atoms. The van der Waals surface area contributed by atoms with E-state index in [9.17, 15) is 4.79 Å². The van der Waals surface area contributed by atoms with E-state index in [2.05, 4.69) is 19.1 Å². The van der Waals surface area contributed by atoms with Crippen molar-refractivity contribution in [3.8, 4) is 0 Å². The predicted molar refractivity (Wildman–Crippen MR) is 50.1 cm³/mol. The molecule has 0 saturated heterocycles. The van der Waals surface area contributed by atoms with E-state index in [-0.39, 0.29) is 5.92 Å². The number of aldehydes is 1. The summed E-state index contributed by atoms with van der Waals surface area (Å²) in [5.41, 5.74) is 2.54. The zero-order valence-electron chi connectivity index (χ0n) is 7.58. The third kappa shape index (κ3) is 2.19. The van der Waals surface area contributed by atoms with Crippen molar-refractivity contribution in [2.24, 2.45) is 5.92 Å². The van der Waals surface area contributed by atoms with Crippen LogP contribution in [0.2, 0.25) is 0 Å². The maximum atomic E-state index is 10.4. The topological polar surface area (TPSA) is 17.1 Å². The van der Waals surface area contributed by atoms with Crippen LogP contribution in [0, 0.1) is 12.8 Å². The summed E-state index contributed by atoms with van der Waals surface area (Å²) in [6.45, 7) is 4.02. The third-order valence-corrected chi connectivity index (χ3v) is 2.04. The largest absolute Gasteiger partial charge is 0.303 e. The Morgan fingerprint density at radius 2 is 2.08 bits per heavy atom. The number of carbonyl (C=O) groups is 1. The van der Waals surface area contributed by atoms with Gasteiger partial charge in [0.25, 0.3) is 0 Å². The SMILES string of the molecule is Cc1ccccc1CC(C)C=O. The third-order valence-electron chi connectivity index (χ3n) is 2.04. The molecule has 1 atom stereocenters. The van der Waals surface area contributed by atoms with Crippen molar-refractivity contribution in [1.82, 2.24) is 0 Å². The minimum Gasteiger partial charge on any atom is -0.303 e. The van der Waals surface area contributed by atoms with Crippen LogP contribution in [0.25, 0.3) is 0 Å². The molecule has 1 nitrogen and oxygen atoms in total. The lowest BCUT2D eigenvalue weighted by Gasteiger charge is -2.06. The van der Waals surface area contributed by atoms with Crippen molar-refractivity contribution in [3.05, 3.63) is 35.4 Å². The van der Waals surface area contributed by atoms with Gasteiger partial charge in [-0.15, -0.1) is 0 Å². The summed E-state index contributed by atoms with van der Waals surface area (Å²) in [5, 5.41) is 0. The van der Waals surface area contributed by atoms with Gasteiger partial charge < -0.3 is 4.79 Å². The van der Waals surface area contributed by atoms with Crippen LogP contribution in [0.4, 0.5) is 0 Å². The van der Waals surface area contributed by atoms with Crippen molar-refractivity contribution in [1.29, 1.82) is 0 Å². The number of hydrogen-bond donors (Lipinski definition) is 0. The molecule has 0 heterocycles. The van der Waals surface area contributed by atoms with Gasteiger partial charge in [0, 0.05) is 5.92 Å². The van der Waals surface area contributed by atoms with Crippen LogP contribution in [0.15, 0.2) is 24.3 Å². The molecule has 0 aromatic heterocycles. The van der Waals surface area contributed by atoms with Crippen molar-refractivity contribution in [2.75, 3.05) is 0 Å². The molecule has 1 aromatic carbocycles. The van der Waals surface area contributed by atoms with E-state index in [4.69, 9.17) is 0 Å². The average molecular weight is 162 g/mol. The Labute approximate surface area is 73.4 Å². The molecule has 0 N–H and O–H groups in total. The molecule has 0 fully saturated rings. The first kappa shape index (κ1) is 8.98. The van der Waals surface area contributed by atoms with Crippen LogP contribution in [0.3, 0.4) is 0 Å². The van der Waals surface area contributed by atoms with E-state index in [1.165, 1.54) is 11.1 Å². The molecule has 0 bridgehead atoms. The zero-order chi connectivity index (χ0) is 8.97. The number of aryl methyl sites for hydroxylation is 1. The van der Waals surface area contributed by atoms with Gasteiger partial charge in [0.1, 0.15) is 6.29 Å². The van der Waals surface area contributed by atoms with Crippen LogP contribution in [-0.2, 0) is 11.2 Å². The number of carbonyl (C=O) groups excluding carboxylic acids is 1. The van der Waals surface area contributed by atoms with E-state index in [0.29, 0.717) is 0 Å². The van der Waals surface area contributed by atoms with Gasteiger partial charge in [-0.2, -0.15) is 0 Å². The van der Waals surface area contributed by atoms with Crippen molar-refractivity contribution in [2.45, 2.75) is 20.3 Å². The van der Waals surface area contributed by atoms with Crippen LogP contribution in [0.5, 0.6) is 0 Å². The Hall–Kier alpha value is -1.11. The number of benzene rings is 1. The Balaban J connectivity index is 2.75. The summed E-state index contributed by atoms with van der Waals surface area (Å²) in [6, 6.07) is 8.19. The summed E-state index contributed by atoms with van der Waals surface area (Å²) < 4.78 is 0. The molecular weight excluding hydrogens is 148 g/mol. The van der Waals surface area contributed by atoms with Gasteiger partial charge in [0.05, 0.1) is 0 Å². The number of rotatable bonds is 3. The molecule has 0 aliphatic heterocycles. The molecule has 0 aliphatic rings. The summed E-state index contributed by atoms with van der Waals surface area (Å²) in [7, 11) is 0. The lowest BCUT2D eigenvalue weighted by atomic mass is 9.99. The van der Waals surface area contributed by atoms with Gasteiger partial charge in [-0.3, -0.25) is 0 Å². The first-order valence-corrected chi connectivity index (χ1v) is 4.24. The molecular formula is C11H14O. The van der Waals surface area contributed by atoms with Gasteiger partial charge in [-0.25, -0.2) is 0 Å². The fourth-order valence-electron chi connectivity index (χ4n) is 1.23. The average Bonchev–Trinajstić information content (AvgIpc) is 2.09. The molecule has 1 unspecified atom stereocenters. The Bertz CT molecular complexity index is 265. The maximum Gasteiger partial charge on any atom is 0.123 e. The summed E-state index contributed by atoms with van der Waals surface area (Å²) >= 11 is 0. The van der Waals surface area contributed by atoms with Crippen LogP contribution >= 0.6 is 0 Å². The standard InChI is InChI=1S/C11H14O/c1-9(8-12)7-11-6-4-3-5-10(11)2/h3-6,8-9H,7H2,1-2H3. The highest BCUT2D eigenvalue weighted by Gasteiger charge is 2.02. The van der Waals surface area contributed by atoms with E-state index < -0.39 is 0 Å². The highest BCUT2D eigenvalue weighted by Crippen LogP contribution is 2.11. The second-order valence-electron chi connectivity index (χ2n) is 3.24. The smallest absolute Gasteiger partial charge is 0.123 e. The molecule has 1 aromatic rings. The summed E-state index contributed by atoms with van der Waals surface area (Å²) in [4.78, 5) is 10.4. The fourth-order valence-corrected chi connectivity index (χ4v) is 1.23. The lowest BCUT2D eigenvalue weighted by Crippen LogP contribution is -2.01. The highest BCUT2D eigenvalue weighted by atomic mass is 16.1. The zero-order valence-corrected chi connectivity index (χ0v) is 7.58.